The Morgan fingerprint density at radius 1 is 1.26 bits per heavy atom. The number of aromatic nitrogens is 1. The van der Waals surface area contributed by atoms with Gasteiger partial charge >= 0.3 is 5.97 Å². The summed E-state index contributed by atoms with van der Waals surface area (Å²) in [5.74, 6) is -1.27. The number of carbonyl (C=O) groups is 2. The lowest BCUT2D eigenvalue weighted by molar-refractivity contribution is -0.119. The molecule has 1 N–H and O–H groups in total. The van der Waals surface area contributed by atoms with E-state index in [1.807, 2.05) is 0 Å². The molecule has 0 saturated heterocycles. The number of hydrogen-bond acceptors (Lipinski definition) is 5. The van der Waals surface area contributed by atoms with Gasteiger partial charge in [-0.25, -0.2) is 9.78 Å². The molecule has 23 heavy (non-hydrogen) atoms. The number of hydrogen-bond donors (Lipinski definition) is 1. The van der Waals surface area contributed by atoms with Crippen LogP contribution < -0.4 is 5.32 Å². The first-order valence-electron chi connectivity index (χ1n) is 6.49. The van der Waals surface area contributed by atoms with Crippen LogP contribution in [0, 0.1) is 0 Å². The van der Waals surface area contributed by atoms with Crippen molar-refractivity contribution in [3.63, 3.8) is 0 Å². The Hall–Kier alpha value is -2.25. The van der Waals surface area contributed by atoms with Crippen molar-refractivity contribution in [1.82, 2.24) is 4.98 Å². The SMILES string of the molecule is C[S@](=O)c1ccccc1C(=O)OCC(=O)Nc1cccnc1Cl. The smallest absolute Gasteiger partial charge is 0.339 e. The summed E-state index contributed by atoms with van der Waals surface area (Å²) in [4.78, 5) is 28.0. The minimum absolute atomic E-state index is 0.138. The van der Waals surface area contributed by atoms with Crippen LogP contribution in [0.15, 0.2) is 47.5 Å². The highest BCUT2D eigenvalue weighted by Crippen LogP contribution is 2.17. The van der Waals surface area contributed by atoms with Crippen molar-refractivity contribution in [3.05, 3.63) is 53.3 Å². The molecule has 1 aromatic carbocycles. The Balaban J connectivity index is 1.98. The molecule has 120 valence electrons. The van der Waals surface area contributed by atoms with Gasteiger partial charge < -0.3 is 10.1 Å². The molecule has 1 amide bonds. The van der Waals surface area contributed by atoms with Gasteiger partial charge in [-0.1, -0.05) is 23.7 Å². The normalized spacial score (nSPS) is 11.6. The first kappa shape index (κ1) is 17.1. The van der Waals surface area contributed by atoms with E-state index >= 15 is 0 Å². The Labute approximate surface area is 140 Å². The van der Waals surface area contributed by atoms with E-state index in [4.69, 9.17) is 16.3 Å². The van der Waals surface area contributed by atoms with Crippen LogP contribution in [-0.2, 0) is 20.3 Å². The molecule has 0 spiro atoms. The Kier molecular flexibility index (Phi) is 5.84. The predicted molar refractivity (Wildman–Crippen MR) is 86.9 cm³/mol. The molecule has 0 bridgehead atoms. The van der Waals surface area contributed by atoms with Gasteiger partial charge in [-0.3, -0.25) is 9.00 Å². The van der Waals surface area contributed by atoms with Gasteiger partial charge in [0.05, 0.1) is 26.9 Å². The molecule has 0 fully saturated rings. The molecule has 0 aliphatic carbocycles. The Morgan fingerprint density at radius 2 is 2.00 bits per heavy atom. The van der Waals surface area contributed by atoms with Crippen molar-refractivity contribution < 1.29 is 18.5 Å². The standard InChI is InChI=1S/C15H13ClN2O4S/c1-23(21)12-7-3-2-5-10(12)15(20)22-9-13(19)18-11-6-4-8-17-14(11)16/h2-8H,9H2,1H3,(H,18,19)/t23-/m0/s1. The number of nitrogens with zero attached hydrogens (tertiary/aromatic N) is 1. The van der Waals surface area contributed by atoms with Crippen LogP contribution in [0.3, 0.4) is 0 Å². The zero-order valence-corrected chi connectivity index (χ0v) is 13.7. The maximum absolute atomic E-state index is 12.0. The van der Waals surface area contributed by atoms with Crippen LogP contribution in [0.5, 0.6) is 0 Å². The highest BCUT2D eigenvalue weighted by atomic mass is 35.5. The highest BCUT2D eigenvalue weighted by molar-refractivity contribution is 7.84. The van der Waals surface area contributed by atoms with Crippen LogP contribution >= 0.6 is 11.6 Å². The van der Waals surface area contributed by atoms with Crippen molar-refractivity contribution in [2.24, 2.45) is 0 Å². The number of benzene rings is 1. The average molecular weight is 353 g/mol. The topological polar surface area (TPSA) is 85.4 Å². The lowest BCUT2D eigenvalue weighted by Gasteiger charge is -2.09. The van der Waals surface area contributed by atoms with E-state index in [0.29, 0.717) is 10.6 Å². The third kappa shape index (κ3) is 4.61. The van der Waals surface area contributed by atoms with Crippen LogP contribution in [-0.4, -0.2) is 33.9 Å². The molecule has 0 aliphatic rings. The van der Waals surface area contributed by atoms with Gasteiger partial charge in [-0.2, -0.15) is 0 Å². The molecule has 0 radical (unpaired) electrons. The van der Waals surface area contributed by atoms with Crippen LogP contribution in [0.2, 0.25) is 5.15 Å². The van der Waals surface area contributed by atoms with Gasteiger partial charge in [0.15, 0.2) is 11.8 Å². The molecule has 1 atom stereocenters. The second-order valence-electron chi connectivity index (χ2n) is 4.42. The molecule has 6 nitrogen and oxygen atoms in total. The molecule has 0 saturated carbocycles. The van der Waals surface area contributed by atoms with Gasteiger partial charge in [0.25, 0.3) is 5.91 Å². The fourth-order valence-electron chi connectivity index (χ4n) is 1.76. The number of ether oxygens (including phenoxy) is 1. The Bertz CT molecular complexity index is 767. The van der Waals surface area contributed by atoms with E-state index < -0.39 is 29.3 Å². The van der Waals surface area contributed by atoms with Gasteiger partial charge in [-0.05, 0) is 24.3 Å². The summed E-state index contributed by atoms with van der Waals surface area (Å²) in [7, 11) is -1.34. The van der Waals surface area contributed by atoms with Crippen molar-refractivity contribution in [3.8, 4) is 0 Å². The quantitative estimate of drug-likeness (QED) is 0.659. The number of esters is 1. The number of anilines is 1. The fourth-order valence-corrected chi connectivity index (χ4v) is 2.66. The van der Waals surface area contributed by atoms with Crippen molar-refractivity contribution >= 4 is 40.0 Å². The summed E-state index contributed by atoms with van der Waals surface area (Å²) >= 11 is 5.82. The van der Waals surface area contributed by atoms with E-state index in [2.05, 4.69) is 10.3 Å². The van der Waals surface area contributed by atoms with Gasteiger partial charge in [0.2, 0.25) is 0 Å². The molecular formula is C15H13ClN2O4S. The minimum atomic E-state index is -1.34. The summed E-state index contributed by atoms with van der Waals surface area (Å²) in [5, 5.41) is 2.62. The summed E-state index contributed by atoms with van der Waals surface area (Å²) < 4.78 is 16.5. The van der Waals surface area contributed by atoms with Crippen LogP contribution in [0.25, 0.3) is 0 Å². The zero-order chi connectivity index (χ0) is 16.8. The van der Waals surface area contributed by atoms with E-state index in [1.165, 1.54) is 18.5 Å². The summed E-state index contributed by atoms with van der Waals surface area (Å²) in [6.07, 6.45) is 2.95. The van der Waals surface area contributed by atoms with Crippen LogP contribution in [0.1, 0.15) is 10.4 Å². The molecule has 0 unspecified atom stereocenters. The van der Waals surface area contributed by atoms with E-state index in [9.17, 15) is 13.8 Å². The summed E-state index contributed by atoms with van der Waals surface area (Å²) in [5.41, 5.74) is 0.492. The molecule has 1 aromatic heterocycles. The molecular weight excluding hydrogens is 340 g/mol. The lowest BCUT2D eigenvalue weighted by Crippen LogP contribution is -2.21. The number of halogens is 1. The maximum atomic E-state index is 12.0. The second-order valence-corrected chi connectivity index (χ2v) is 6.12. The van der Waals surface area contributed by atoms with E-state index in [-0.39, 0.29) is 10.7 Å². The first-order chi connectivity index (χ1) is 11.0. The van der Waals surface area contributed by atoms with E-state index in [1.54, 1.807) is 30.3 Å². The molecule has 2 rings (SSSR count). The minimum Gasteiger partial charge on any atom is -0.452 e. The molecule has 1 heterocycles. The van der Waals surface area contributed by atoms with Gasteiger partial charge in [0.1, 0.15) is 0 Å². The van der Waals surface area contributed by atoms with Crippen molar-refractivity contribution in [2.45, 2.75) is 4.90 Å². The lowest BCUT2D eigenvalue weighted by atomic mass is 10.2. The van der Waals surface area contributed by atoms with Crippen LogP contribution in [0.4, 0.5) is 5.69 Å². The average Bonchev–Trinajstić information content (AvgIpc) is 2.54. The molecule has 8 heteroatoms. The number of amides is 1. The largest absolute Gasteiger partial charge is 0.452 e. The number of pyridine rings is 1. The Morgan fingerprint density at radius 3 is 2.70 bits per heavy atom. The molecule has 0 aliphatic heterocycles. The monoisotopic (exact) mass is 352 g/mol. The number of nitrogens with one attached hydrogen (secondary N) is 1. The van der Waals surface area contributed by atoms with Gasteiger partial charge in [-0.15, -0.1) is 0 Å². The third-order valence-electron chi connectivity index (χ3n) is 2.78. The fraction of sp³-hybridized carbons (Fsp3) is 0.133. The number of carbonyl (C=O) groups excluding carboxylic acids is 2. The molecule has 2 aromatic rings. The summed E-state index contributed by atoms with van der Waals surface area (Å²) in [6, 6.07) is 9.55. The van der Waals surface area contributed by atoms with Crippen molar-refractivity contribution in [1.29, 1.82) is 0 Å². The highest BCUT2D eigenvalue weighted by Gasteiger charge is 2.16. The summed E-state index contributed by atoms with van der Waals surface area (Å²) in [6.45, 7) is -0.491. The number of rotatable bonds is 5. The van der Waals surface area contributed by atoms with Crippen molar-refractivity contribution in [2.75, 3.05) is 18.2 Å². The van der Waals surface area contributed by atoms with E-state index in [0.717, 1.165) is 0 Å². The first-order valence-corrected chi connectivity index (χ1v) is 8.42. The predicted octanol–water partition coefficient (Wildman–Crippen LogP) is 2.27. The third-order valence-corrected chi connectivity index (χ3v) is 4.06. The second kappa shape index (κ2) is 7.85. The zero-order valence-electron chi connectivity index (χ0n) is 12.1. The maximum Gasteiger partial charge on any atom is 0.339 e. The van der Waals surface area contributed by atoms with Gasteiger partial charge in [0, 0.05) is 12.5 Å².